The number of rotatable bonds is 6. The molecule has 2 rings (SSSR count). The lowest BCUT2D eigenvalue weighted by Gasteiger charge is -2.08. The molecule has 2 aromatic rings. The SMILES string of the molecule is O=S(=O)(NCCCn1cccn1)c1ccc(F)cc1Cl. The predicted molar refractivity (Wildman–Crippen MR) is 73.4 cm³/mol. The van der Waals surface area contributed by atoms with Gasteiger partial charge in [-0.25, -0.2) is 17.5 Å². The van der Waals surface area contributed by atoms with Gasteiger partial charge in [0.15, 0.2) is 0 Å². The molecule has 0 amide bonds. The van der Waals surface area contributed by atoms with Crippen LogP contribution in [0.3, 0.4) is 0 Å². The van der Waals surface area contributed by atoms with Gasteiger partial charge >= 0.3 is 0 Å². The van der Waals surface area contributed by atoms with Gasteiger partial charge in [0, 0.05) is 25.5 Å². The standard InChI is InChI=1S/C12H13ClFN3O2S/c13-11-9-10(14)3-4-12(11)20(18,19)16-6-2-8-17-7-1-5-15-17/h1,3-5,7,9,16H,2,6,8H2. The van der Waals surface area contributed by atoms with E-state index in [0.717, 1.165) is 18.2 Å². The minimum atomic E-state index is -3.73. The Morgan fingerprint density at radius 3 is 2.85 bits per heavy atom. The highest BCUT2D eigenvalue weighted by Gasteiger charge is 2.17. The average molecular weight is 318 g/mol. The number of sulfonamides is 1. The van der Waals surface area contributed by atoms with Crippen molar-refractivity contribution >= 4 is 21.6 Å². The molecule has 0 saturated heterocycles. The van der Waals surface area contributed by atoms with Crippen molar-refractivity contribution in [3.63, 3.8) is 0 Å². The number of nitrogens with zero attached hydrogens (tertiary/aromatic N) is 2. The second kappa shape index (κ2) is 6.34. The summed E-state index contributed by atoms with van der Waals surface area (Å²) in [6, 6.07) is 4.97. The number of halogens is 2. The van der Waals surface area contributed by atoms with Crippen molar-refractivity contribution in [2.24, 2.45) is 0 Å². The van der Waals surface area contributed by atoms with Gasteiger partial charge in [-0.3, -0.25) is 4.68 Å². The number of hydrogen-bond donors (Lipinski definition) is 1. The maximum atomic E-state index is 12.9. The second-order valence-corrected chi connectivity index (χ2v) is 6.24. The van der Waals surface area contributed by atoms with Gasteiger partial charge in [-0.2, -0.15) is 5.10 Å². The number of aromatic nitrogens is 2. The van der Waals surface area contributed by atoms with Gasteiger partial charge < -0.3 is 0 Å². The van der Waals surface area contributed by atoms with Crippen molar-refractivity contribution in [1.29, 1.82) is 0 Å². The van der Waals surface area contributed by atoms with Crippen LogP contribution in [0, 0.1) is 5.82 Å². The Labute approximate surface area is 121 Å². The van der Waals surface area contributed by atoms with E-state index in [0.29, 0.717) is 13.0 Å². The first kappa shape index (κ1) is 15.0. The first-order valence-electron chi connectivity index (χ1n) is 5.91. The molecule has 0 spiro atoms. The maximum absolute atomic E-state index is 12.9. The third-order valence-corrected chi connectivity index (χ3v) is 4.54. The summed E-state index contributed by atoms with van der Waals surface area (Å²) in [4.78, 5) is -0.125. The van der Waals surface area contributed by atoms with Gasteiger partial charge in [-0.15, -0.1) is 0 Å². The Kier molecular flexibility index (Phi) is 4.74. The summed E-state index contributed by atoms with van der Waals surface area (Å²) in [5.74, 6) is -0.576. The van der Waals surface area contributed by atoms with Gasteiger partial charge in [-0.05, 0) is 30.7 Å². The minimum absolute atomic E-state index is 0.125. The van der Waals surface area contributed by atoms with Crippen molar-refractivity contribution in [3.05, 3.63) is 47.5 Å². The van der Waals surface area contributed by atoms with Crippen molar-refractivity contribution in [2.75, 3.05) is 6.54 Å². The van der Waals surface area contributed by atoms with E-state index in [2.05, 4.69) is 9.82 Å². The minimum Gasteiger partial charge on any atom is -0.273 e. The topological polar surface area (TPSA) is 64.0 Å². The summed E-state index contributed by atoms with van der Waals surface area (Å²) in [5.41, 5.74) is 0. The first-order valence-corrected chi connectivity index (χ1v) is 7.77. The van der Waals surface area contributed by atoms with Crippen LogP contribution in [0.25, 0.3) is 0 Å². The molecule has 1 N–H and O–H groups in total. The second-order valence-electron chi connectivity index (χ2n) is 4.10. The largest absolute Gasteiger partial charge is 0.273 e. The molecule has 0 aliphatic rings. The summed E-state index contributed by atoms with van der Waals surface area (Å²) in [5, 5.41) is 3.87. The van der Waals surface area contributed by atoms with Crippen molar-refractivity contribution in [1.82, 2.24) is 14.5 Å². The molecular weight excluding hydrogens is 305 g/mol. The molecular formula is C12H13ClFN3O2S. The summed E-state index contributed by atoms with van der Waals surface area (Å²) in [7, 11) is -3.73. The van der Waals surface area contributed by atoms with E-state index >= 15 is 0 Å². The Morgan fingerprint density at radius 1 is 1.40 bits per heavy atom. The molecule has 0 atom stereocenters. The Balaban J connectivity index is 1.93. The fraction of sp³-hybridized carbons (Fsp3) is 0.250. The zero-order chi connectivity index (χ0) is 14.6. The smallest absolute Gasteiger partial charge is 0.242 e. The van der Waals surface area contributed by atoms with E-state index in [9.17, 15) is 12.8 Å². The highest BCUT2D eigenvalue weighted by Crippen LogP contribution is 2.21. The molecule has 0 saturated carbocycles. The Morgan fingerprint density at radius 2 is 2.20 bits per heavy atom. The van der Waals surface area contributed by atoms with E-state index < -0.39 is 15.8 Å². The molecule has 0 unspecified atom stereocenters. The Hall–Kier alpha value is -1.44. The first-order chi connectivity index (χ1) is 9.49. The van der Waals surface area contributed by atoms with Gasteiger partial charge in [0.2, 0.25) is 10.0 Å². The summed E-state index contributed by atoms with van der Waals surface area (Å²) < 4.78 is 41.0. The summed E-state index contributed by atoms with van der Waals surface area (Å²) in [6.45, 7) is 0.850. The zero-order valence-corrected chi connectivity index (χ0v) is 12.0. The third kappa shape index (κ3) is 3.78. The molecule has 5 nitrogen and oxygen atoms in total. The fourth-order valence-electron chi connectivity index (χ4n) is 1.65. The summed E-state index contributed by atoms with van der Waals surface area (Å²) in [6.07, 6.45) is 4.04. The molecule has 8 heteroatoms. The van der Waals surface area contributed by atoms with Crippen molar-refractivity contribution in [2.45, 2.75) is 17.9 Å². The van der Waals surface area contributed by atoms with Crippen molar-refractivity contribution < 1.29 is 12.8 Å². The molecule has 0 radical (unpaired) electrons. The van der Waals surface area contributed by atoms with Crippen LogP contribution in [0.2, 0.25) is 5.02 Å². The fourth-order valence-corrected chi connectivity index (χ4v) is 3.25. The maximum Gasteiger partial charge on any atom is 0.242 e. The highest BCUT2D eigenvalue weighted by molar-refractivity contribution is 7.89. The average Bonchev–Trinajstić information content (AvgIpc) is 2.87. The lowest BCUT2D eigenvalue weighted by atomic mass is 10.3. The van der Waals surface area contributed by atoms with E-state index in [1.807, 2.05) is 0 Å². The van der Waals surface area contributed by atoms with E-state index in [1.165, 1.54) is 0 Å². The molecule has 0 aliphatic carbocycles. The molecule has 20 heavy (non-hydrogen) atoms. The highest BCUT2D eigenvalue weighted by atomic mass is 35.5. The molecule has 1 aromatic carbocycles. The summed E-state index contributed by atoms with van der Waals surface area (Å²) >= 11 is 5.73. The van der Waals surface area contributed by atoms with Crippen LogP contribution in [0.4, 0.5) is 4.39 Å². The lowest BCUT2D eigenvalue weighted by molar-refractivity contribution is 0.552. The van der Waals surface area contributed by atoms with Crippen LogP contribution >= 0.6 is 11.6 Å². The zero-order valence-electron chi connectivity index (χ0n) is 10.5. The van der Waals surface area contributed by atoms with Crippen LogP contribution in [-0.2, 0) is 16.6 Å². The third-order valence-electron chi connectivity index (χ3n) is 2.60. The monoisotopic (exact) mass is 317 g/mol. The van der Waals surface area contributed by atoms with Gasteiger partial charge in [0.05, 0.1) is 5.02 Å². The van der Waals surface area contributed by atoms with E-state index in [1.54, 1.807) is 23.1 Å². The van der Waals surface area contributed by atoms with Crippen LogP contribution in [0.1, 0.15) is 6.42 Å². The van der Waals surface area contributed by atoms with Crippen LogP contribution in [0.15, 0.2) is 41.6 Å². The molecule has 1 heterocycles. The molecule has 0 fully saturated rings. The molecule has 0 aliphatic heterocycles. The van der Waals surface area contributed by atoms with Crippen LogP contribution < -0.4 is 4.72 Å². The van der Waals surface area contributed by atoms with Crippen molar-refractivity contribution in [3.8, 4) is 0 Å². The van der Waals surface area contributed by atoms with Crippen LogP contribution in [0.5, 0.6) is 0 Å². The number of benzene rings is 1. The van der Waals surface area contributed by atoms with E-state index in [-0.39, 0.29) is 16.5 Å². The number of aryl methyl sites for hydroxylation is 1. The normalized spacial score (nSPS) is 11.7. The Bertz CT molecular complexity index is 674. The van der Waals surface area contributed by atoms with E-state index in [4.69, 9.17) is 11.6 Å². The van der Waals surface area contributed by atoms with Gasteiger partial charge in [-0.1, -0.05) is 11.6 Å². The van der Waals surface area contributed by atoms with Gasteiger partial charge in [0.1, 0.15) is 10.7 Å². The molecule has 0 bridgehead atoms. The lowest BCUT2D eigenvalue weighted by Crippen LogP contribution is -2.26. The van der Waals surface area contributed by atoms with Gasteiger partial charge in [0.25, 0.3) is 0 Å². The molecule has 108 valence electrons. The molecule has 1 aromatic heterocycles. The van der Waals surface area contributed by atoms with Crippen LogP contribution in [-0.4, -0.2) is 24.7 Å². The number of hydrogen-bond acceptors (Lipinski definition) is 3. The quantitative estimate of drug-likeness (QED) is 0.829. The number of nitrogens with one attached hydrogen (secondary N) is 1. The predicted octanol–water partition coefficient (Wildman–Crippen LogP) is 2.04.